The van der Waals surface area contributed by atoms with Gasteiger partial charge in [-0.05, 0) is 61.2 Å². The Morgan fingerprint density at radius 3 is 2.31 bits per heavy atom. The lowest BCUT2D eigenvalue weighted by Gasteiger charge is -2.37. The minimum atomic E-state index is -4.72. The van der Waals surface area contributed by atoms with Crippen LogP contribution in [0.3, 0.4) is 0 Å². The molecule has 5 aliphatic rings. The highest BCUT2D eigenvalue weighted by molar-refractivity contribution is 5.93. The van der Waals surface area contributed by atoms with E-state index >= 15 is 0 Å². The highest BCUT2D eigenvalue weighted by atomic mass is 19.4. The first kappa shape index (κ1) is 30.4. The molecular weight excluding hydrogens is 555 g/mol. The zero-order valence-electron chi connectivity index (χ0n) is 24.6. The summed E-state index contributed by atoms with van der Waals surface area (Å²) < 4.78 is 45.2. The minimum absolute atomic E-state index is 0.00474. The van der Waals surface area contributed by atoms with Crippen LogP contribution in [0.25, 0.3) is 0 Å². The Labute approximate surface area is 243 Å². The van der Waals surface area contributed by atoms with Gasteiger partial charge in [0.05, 0.1) is 6.07 Å². The maximum absolute atomic E-state index is 13.9. The van der Waals surface area contributed by atoms with E-state index in [9.17, 15) is 37.6 Å². The average molecular weight is 596 g/mol. The van der Waals surface area contributed by atoms with Crippen LogP contribution >= 0.6 is 0 Å². The van der Waals surface area contributed by atoms with Gasteiger partial charge >= 0.3 is 12.3 Å². The molecule has 5 rings (SSSR count). The van der Waals surface area contributed by atoms with Crippen LogP contribution in [-0.2, 0) is 19.1 Å². The molecule has 0 radical (unpaired) electrons. The molecule has 7 atom stereocenters. The zero-order chi connectivity index (χ0) is 31.0. The third-order valence-corrected chi connectivity index (χ3v) is 9.98. The number of rotatable bonds is 8. The van der Waals surface area contributed by atoms with Crippen molar-refractivity contribution in [2.75, 3.05) is 6.54 Å². The second kappa shape index (κ2) is 10.0. The van der Waals surface area contributed by atoms with Crippen molar-refractivity contribution in [3.05, 3.63) is 0 Å². The normalized spacial score (nSPS) is 30.8. The monoisotopic (exact) mass is 595 g/mol. The van der Waals surface area contributed by atoms with E-state index in [2.05, 4.69) is 22.0 Å². The zero-order valence-corrected chi connectivity index (χ0v) is 24.6. The van der Waals surface area contributed by atoms with Crippen molar-refractivity contribution in [3.8, 4) is 6.07 Å². The number of hydrogen-bond acceptors (Lipinski definition) is 6. The standard InChI is InChI=1S/C29H40F3N5O5/c1-26(2,3)20(35-25(41)42-21(14-6-7-14)29(30,31)32)24(40)37-13-17-18(27(17,4)5)19(37)23(39)34-16(12-33)10-15-11-28(8-9-28)36-22(15)38/h14-21H,6-11,13H2,1-5H3,(H,34,39)(H,35,41)(H,36,38). The lowest BCUT2D eigenvalue weighted by molar-refractivity contribution is -0.209. The molecule has 5 fully saturated rings. The summed E-state index contributed by atoms with van der Waals surface area (Å²) in [6.45, 7) is 9.22. The van der Waals surface area contributed by atoms with Crippen LogP contribution in [0, 0.1) is 45.8 Å². The molecule has 13 heteroatoms. The summed E-state index contributed by atoms with van der Waals surface area (Å²) in [5.41, 5.74) is -1.32. The number of nitriles is 1. The van der Waals surface area contributed by atoms with Crippen LogP contribution in [0.5, 0.6) is 0 Å². The van der Waals surface area contributed by atoms with E-state index in [0.717, 1.165) is 12.8 Å². The molecule has 3 saturated carbocycles. The number of nitrogens with one attached hydrogen (secondary N) is 3. The van der Waals surface area contributed by atoms with Crippen LogP contribution in [0.1, 0.15) is 73.1 Å². The minimum Gasteiger partial charge on any atom is -0.436 e. The van der Waals surface area contributed by atoms with Crippen LogP contribution < -0.4 is 16.0 Å². The summed E-state index contributed by atoms with van der Waals surface area (Å²) in [7, 11) is 0. The fourth-order valence-corrected chi connectivity index (χ4v) is 7.06. The number of carbonyl (C=O) groups excluding carboxylic acids is 4. The molecule has 2 heterocycles. The molecule has 7 unspecified atom stereocenters. The van der Waals surface area contributed by atoms with Crippen molar-refractivity contribution >= 4 is 23.8 Å². The Balaban J connectivity index is 1.29. The molecule has 0 aromatic rings. The van der Waals surface area contributed by atoms with Gasteiger partial charge in [0.2, 0.25) is 23.8 Å². The first-order valence-corrected chi connectivity index (χ1v) is 14.7. The molecule has 2 saturated heterocycles. The first-order chi connectivity index (χ1) is 19.4. The summed E-state index contributed by atoms with van der Waals surface area (Å²) >= 11 is 0. The van der Waals surface area contributed by atoms with Crippen LogP contribution in [0.2, 0.25) is 0 Å². The van der Waals surface area contributed by atoms with Crippen LogP contribution in [0.15, 0.2) is 0 Å². The first-order valence-electron chi connectivity index (χ1n) is 14.7. The van der Waals surface area contributed by atoms with Crippen molar-refractivity contribution in [2.45, 2.75) is 109 Å². The molecule has 3 aliphatic carbocycles. The molecule has 232 valence electrons. The van der Waals surface area contributed by atoms with Gasteiger partial charge in [0.15, 0.2) is 0 Å². The van der Waals surface area contributed by atoms with Gasteiger partial charge in [0, 0.05) is 23.9 Å². The number of amides is 4. The summed E-state index contributed by atoms with van der Waals surface area (Å²) in [6.07, 6.45) is -5.10. The number of alkyl carbamates (subject to hydrolysis) is 1. The maximum atomic E-state index is 13.9. The van der Waals surface area contributed by atoms with Crippen molar-refractivity contribution in [1.29, 1.82) is 5.26 Å². The molecule has 10 nitrogen and oxygen atoms in total. The molecule has 0 bridgehead atoms. The summed E-state index contributed by atoms with van der Waals surface area (Å²) in [5.74, 6) is -2.61. The maximum Gasteiger partial charge on any atom is 0.425 e. The van der Waals surface area contributed by atoms with E-state index in [0.29, 0.717) is 19.3 Å². The SMILES string of the molecule is CC(C)(C)C(NC(=O)OC(C1CC1)C(F)(F)F)C(=O)N1CC2C(C1C(=O)NC(C#N)CC1CC3(CC3)NC1=O)C2(C)C. The number of nitrogens with zero attached hydrogens (tertiary/aromatic N) is 2. The van der Waals surface area contributed by atoms with Gasteiger partial charge in [-0.2, -0.15) is 18.4 Å². The molecule has 0 aromatic carbocycles. The van der Waals surface area contributed by atoms with E-state index < -0.39 is 59.6 Å². The summed E-state index contributed by atoms with van der Waals surface area (Å²) in [5, 5.41) is 17.9. The Bertz CT molecular complexity index is 1200. The van der Waals surface area contributed by atoms with Crippen molar-refractivity contribution in [2.24, 2.45) is 34.5 Å². The number of likely N-dealkylation sites (tertiary alicyclic amines) is 1. The quantitative estimate of drug-likeness (QED) is 0.394. The molecule has 2 aliphatic heterocycles. The largest absolute Gasteiger partial charge is 0.436 e. The fourth-order valence-electron chi connectivity index (χ4n) is 7.06. The van der Waals surface area contributed by atoms with Gasteiger partial charge in [-0.15, -0.1) is 0 Å². The van der Waals surface area contributed by atoms with Gasteiger partial charge < -0.3 is 25.6 Å². The van der Waals surface area contributed by atoms with Gasteiger partial charge in [-0.25, -0.2) is 4.79 Å². The number of ether oxygens (including phenoxy) is 1. The number of alkyl halides is 3. The van der Waals surface area contributed by atoms with Crippen molar-refractivity contribution in [1.82, 2.24) is 20.9 Å². The van der Waals surface area contributed by atoms with Gasteiger partial charge in [-0.1, -0.05) is 34.6 Å². The third kappa shape index (κ3) is 5.78. The predicted molar refractivity (Wildman–Crippen MR) is 142 cm³/mol. The van der Waals surface area contributed by atoms with Crippen molar-refractivity contribution in [3.63, 3.8) is 0 Å². The Kier molecular flexibility index (Phi) is 7.25. The molecular formula is C29H40F3N5O5. The third-order valence-electron chi connectivity index (χ3n) is 9.98. The average Bonchev–Trinajstić information content (AvgIpc) is 3.82. The number of halogens is 3. The second-order valence-corrected chi connectivity index (χ2v) is 14.6. The lowest BCUT2D eigenvalue weighted by atomic mass is 9.85. The predicted octanol–water partition coefficient (Wildman–Crippen LogP) is 3.02. The van der Waals surface area contributed by atoms with E-state index in [1.165, 1.54) is 4.90 Å². The Morgan fingerprint density at radius 2 is 1.81 bits per heavy atom. The van der Waals surface area contributed by atoms with E-state index in [-0.39, 0.29) is 47.6 Å². The fraction of sp³-hybridized carbons (Fsp3) is 0.828. The van der Waals surface area contributed by atoms with Crippen LogP contribution in [-0.4, -0.2) is 71.2 Å². The molecule has 42 heavy (non-hydrogen) atoms. The molecule has 0 aromatic heterocycles. The number of fused-ring (bicyclic) bond motifs is 1. The smallest absolute Gasteiger partial charge is 0.425 e. The van der Waals surface area contributed by atoms with Crippen molar-refractivity contribution < 1.29 is 37.1 Å². The summed E-state index contributed by atoms with van der Waals surface area (Å²) in [4.78, 5) is 54.1. The summed E-state index contributed by atoms with van der Waals surface area (Å²) in [6, 6.07) is -1.05. The topological polar surface area (TPSA) is 141 Å². The van der Waals surface area contributed by atoms with Crippen LogP contribution in [0.4, 0.5) is 18.0 Å². The molecule has 3 N–H and O–H groups in total. The number of hydrogen-bond donors (Lipinski definition) is 3. The van der Waals surface area contributed by atoms with E-state index in [4.69, 9.17) is 4.74 Å². The number of piperidine rings is 1. The molecule has 4 amide bonds. The highest BCUT2D eigenvalue weighted by Gasteiger charge is 2.70. The Morgan fingerprint density at radius 1 is 1.17 bits per heavy atom. The van der Waals surface area contributed by atoms with Gasteiger partial charge in [0.25, 0.3) is 0 Å². The second-order valence-electron chi connectivity index (χ2n) is 14.6. The lowest BCUT2D eigenvalue weighted by Crippen LogP contribution is -2.60. The van der Waals surface area contributed by atoms with E-state index in [1.54, 1.807) is 20.8 Å². The van der Waals surface area contributed by atoms with Gasteiger partial charge in [-0.3, -0.25) is 14.4 Å². The molecule has 1 spiro atoms. The Hall–Kier alpha value is -3.04. The number of carbonyl (C=O) groups is 4. The highest BCUT2D eigenvalue weighted by Crippen LogP contribution is 2.65. The van der Waals surface area contributed by atoms with Gasteiger partial charge in [0.1, 0.15) is 18.1 Å². The van der Waals surface area contributed by atoms with E-state index in [1.807, 2.05) is 13.8 Å².